The molecule has 1 N–H and O–H groups in total. The average molecular weight is 294 g/mol. The number of ether oxygens (including phenoxy) is 1. The van der Waals surface area contributed by atoms with Crippen LogP contribution < -0.4 is 10.1 Å². The van der Waals surface area contributed by atoms with E-state index in [1.807, 2.05) is 32.2 Å². The van der Waals surface area contributed by atoms with Crippen molar-refractivity contribution in [1.82, 2.24) is 5.32 Å². The molecule has 0 aliphatic heterocycles. The highest BCUT2D eigenvalue weighted by Crippen LogP contribution is 2.34. The van der Waals surface area contributed by atoms with Crippen LogP contribution in [0.5, 0.6) is 5.75 Å². The third-order valence-electron chi connectivity index (χ3n) is 3.25. The van der Waals surface area contributed by atoms with Crippen LogP contribution in [-0.2, 0) is 0 Å². The Bertz CT molecular complexity index is 615. The van der Waals surface area contributed by atoms with Crippen molar-refractivity contribution in [2.75, 3.05) is 14.2 Å². The lowest BCUT2D eigenvalue weighted by atomic mass is 9.96. The van der Waals surface area contributed by atoms with E-state index >= 15 is 0 Å². The maximum absolute atomic E-state index is 13.5. The van der Waals surface area contributed by atoms with E-state index in [1.165, 1.54) is 12.1 Å². The zero-order valence-corrected chi connectivity index (χ0v) is 12.5. The summed E-state index contributed by atoms with van der Waals surface area (Å²) in [5.41, 5.74) is 2.73. The van der Waals surface area contributed by atoms with Crippen LogP contribution in [-0.4, -0.2) is 14.2 Å². The minimum absolute atomic E-state index is 0.229. The molecule has 20 heavy (non-hydrogen) atoms. The van der Waals surface area contributed by atoms with Crippen molar-refractivity contribution in [1.29, 1.82) is 0 Å². The van der Waals surface area contributed by atoms with Gasteiger partial charge in [0.05, 0.1) is 13.2 Å². The van der Waals surface area contributed by atoms with E-state index in [2.05, 4.69) is 5.32 Å². The quantitative estimate of drug-likeness (QED) is 0.916. The van der Waals surface area contributed by atoms with Gasteiger partial charge in [0.2, 0.25) is 0 Å². The van der Waals surface area contributed by atoms with Crippen molar-refractivity contribution in [3.8, 4) is 5.75 Å². The molecule has 0 aliphatic rings. The zero-order chi connectivity index (χ0) is 14.7. The Balaban J connectivity index is 2.57. The van der Waals surface area contributed by atoms with E-state index in [0.717, 1.165) is 16.9 Å². The molecule has 0 aromatic heterocycles. The summed E-state index contributed by atoms with van der Waals surface area (Å²) in [7, 11) is 3.43. The van der Waals surface area contributed by atoms with Crippen LogP contribution in [0.4, 0.5) is 4.39 Å². The second kappa shape index (κ2) is 6.25. The molecule has 0 heterocycles. The number of hydrogen-bond acceptors (Lipinski definition) is 2. The molecule has 0 saturated heterocycles. The Morgan fingerprint density at radius 1 is 1.15 bits per heavy atom. The van der Waals surface area contributed by atoms with Gasteiger partial charge < -0.3 is 10.1 Å². The van der Waals surface area contributed by atoms with Gasteiger partial charge in [0.1, 0.15) is 11.6 Å². The van der Waals surface area contributed by atoms with Gasteiger partial charge in [0.25, 0.3) is 0 Å². The number of halogens is 2. The van der Waals surface area contributed by atoms with Crippen LogP contribution in [0.25, 0.3) is 0 Å². The fraction of sp³-hybridized carbons (Fsp3) is 0.250. The Morgan fingerprint density at radius 3 is 2.55 bits per heavy atom. The topological polar surface area (TPSA) is 21.3 Å². The number of aryl methyl sites for hydroxylation is 1. The highest BCUT2D eigenvalue weighted by molar-refractivity contribution is 6.31. The molecule has 2 aromatic rings. The highest BCUT2D eigenvalue weighted by atomic mass is 35.5. The first-order chi connectivity index (χ1) is 9.56. The van der Waals surface area contributed by atoms with Gasteiger partial charge in [-0.05, 0) is 43.8 Å². The molecule has 2 rings (SSSR count). The van der Waals surface area contributed by atoms with E-state index in [0.29, 0.717) is 10.6 Å². The summed E-state index contributed by atoms with van der Waals surface area (Å²) in [5, 5.41) is 3.70. The number of methoxy groups -OCH3 is 1. The van der Waals surface area contributed by atoms with Crippen LogP contribution in [0, 0.1) is 12.7 Å². The van der Waals surface area contributed by atoms with Gasteiger partial charge in [-0.15, -0.1) is 0 Å². The molecule has 4 heteroatoms. The molecule has 0 amide bonds. The van der Waals surface area contributed by atoms with Crippen LogP contribution >= 0.6 is 11.6 Å². The first-order valence-electron chi connectivity index (χ1n) is 6.33. The number of hydrogen-bond donors (Lipinski definition) is 1. The zero-order valence-electron chi connectivity index (χ0n) is 11.7. The van der Waals surface area contributed by atoms with E-state index in [4.69, 9.17) is 16.3 Å². The van der Waals surface area contributed by atoms with Gasteiger partial charge in [-0.25, -0.2) is 4.39 Å². The fourth-order valence-corrected chi connectivity index (χ4v) is 2.52. The summed E-state index contributed by atoms with van der Waals surface area (Å²) < 4.78 is 18.9. The monoisotopic (exact) mass is 293 g/mol. The largest absolute Gasteiger partial charge is 0.496 e. The highest BCUT2D eigenvalue weighted by Gasteiger charge is 2.19. The first kappa shape index (κ1) is 14.8. The van der Waals surface area contributed by atoms with E-state index in [-0.39, 0.29) is 11.9 Å². The predicted octanol–water partition coefficient (Wildman–Crippen LogP) is 4.10. The number of benzene rings is 2. The number of rotatable bonds is 4. The molecule has 0 bridgehead atoms. The second-order valence-electron chi connectivity index (χ2n) is 4.63. The molecule has 2 aromatic carbocycles. The Kier molecular flexibility index (Phi) is 4.63. The normalized spacial score (nSPS) is 12.2. The molecule has 106 valence electrons. The fourth-order valence-electron chi connectivity index (χ4n) is 2.29. The summed E-state index contributed by atoms with van der Waals surface area (Å²) in [6.07, 6.45) is 0. The van der Waals surface area contributed by atoms with Crippen LogP contribution in [0.3, 0.4) is 0 Å². The standard InChI is InChI=1S/C16H17ClFNO/c1-10-4-7-15(20-3)13(8-10)16(19-2)12-9-11(18)5-6-14(12)17/h4-9,16,19H,1-3H3. The van der Waals surface area contributed by atoms with Crippen LogP contribution in [0.15, 0.2) is 36.4 Å². The summed E-state index contributed by atoms with van der Waals surface area (Å²) in [6.45, 7) is 2.00. The van der Waals surface area contributed by atoms with Gasteiger partial charge >= 0.3 is 0 Å². The Labute approximate surface area is 123 Å². The molecule has 0 spiro atoms. The van der Waals surface area contributed by atoms with E-state index in [1.54, 1.807) is 13.2 Å². The Morgan fingerprint density at radius 2 is 1.90 bits per heavy atom. The van der Waals surface area contributed by atoms with Crippen LogP contribution in [0.2, 0.25) is 5.02 Å². The van der Waals surface area contributed by atoms with Gasteiger partial charge in [-0.1, -0.05) is 29.3 Å². The molecule has 0 saturated carbocycles. The smallest absolute Gasteiger partial charge is 0.124 e. The third-order valence-corrected chi connectivity index (χ3v) is 3.60. The maximum atomic E-state index is 13.5. The van der Waals surface area contributed by atoms with Crippen molar-refractivity contribution in [2.24, 2.45) is 0 Å². The van der Waals surface area contributed by atoms with Gasteiger partial charge in [-0.3, -0.25) is 0 Å². The Hall–Kier alpha value is -1.58. The molecule has 0 radical (unpaired) electrons. The summed E-state index contributed by atoms with van der Waals surface area (Å²) in [6, 6.07) is 10.0. The lowest BCUT2D eigenvalue weighted by molar-refractivity contribution is 0.405. The molecule has 0 aliphatic carbocycles. The maximum Gasteiger partial charge on any atom is 0.124 e. The first-order valence-corrected chi connectivity index (χ1v) is 6.71. The SMILES string of the molecule is CNC(c1cc(F)ccc1Cl)c1cc(C)ccc1OC. The minimum atomic E-state index is -0.309. The molecule has 0 fully saturated rings. The summed E-state index contributed by atoms with van der Waals surface area (Å²) >= 11 is 6.21. The van der Waals surface area contributed by atoms with Crippen molar-refractivity contribution >= 4 is 11.6 Å². The van der Waals surface area contributed by atoms with Gasteiger partial charge in [0.15, 0.2) is 0 Å². The summed E-state index contributed by atoms with van der Waals surface area (Å²) in [5.74, 6) is 0.437. The minimum Gasteiger partial charge on any atom is -0.496 e. The van der Waals surface area contributed by atoms with Crippen molar-refractivity contribution in [2.45, 2.75) is 13.0 Å². The van der Waals surface area contributed by atoms with Gasteiger partial charge in [0, 0.05) is 10.6 Å². The molecular formula is C16H17ClFNO. The lowest BCUT2D eigenvalue weighted by Gasteiger charge is -2.21. The van der Waals surface area contributed by atoms with E-state index in [9.17, 15) is 4.39 Å². The van der Waals surface area contributed by atoms with E-state index < -0.39 is 0 Å². The number of nitrogens with one attached hydrogen (secondary N) is 1. The molecular weight excluding hydrogens is 277 g/mol. The lowest BCUT2D eigenvalue weighted by Crippen LogP contribution is -2.19. The van der Waals surface area contributed by atoms with Gasteiger partial charge in [-0.2, -0.15) is 0 Å². The summed E-state index contributed by atoms with van der Waals surface area (Å²) in [4.78, 5) is 0. The van der Waals surface area contributed by atoms with Crippen molar-refractivity contribution < 1.29 is 9.13 Å². The second-order valence-corrected chi connectivity index (χ2v) is 5.04. The molecule has 1 atom stereocenters. The van der Waals surface area contributed by atoms with Crippen molar-refractivity contribution in [3.63, 3.8) is 0 Å². The predicted molar refractivity (Wildman–Crippen MR) is 80.0 cm³/mol. The van der Waals surface area contributed by atoms with Crippen molar-refractivity contribution in [3.05, 3.63) is 63.9 Å². The molecule has 1 unspecified atom stereocenters. The van der Waals surface area contributed by atoms with Crippen LogP contribution in [0.1, 0.15) is 22.7 Å². The average Bonchev–Trinajstić information content (AvgIpc) is 2.44. The molecule has 2 nitrogen and oxygen atoms in total. The third kappa shape index (κ3) is 2.94.